The van der Waals surface area contributed by atoms with Crippen LogP contribution in [0.2, 0.25) is 0 Å². The topological polar surface area (TPSA) is 78.5 Å². The summed E-state index contributed by atoms with van der Waals surface area (Å²) in [6.45, 7) is 3.36. The highest BCUT2D eigenvalue weighted by Crippen LogP contribution is 2.17. The smallest absolute Gasteiger partial charge is 0.224 e. The zero-order chi connectivity index (χ0) is 15.9. The molecule has 2 fully saturated rings. The average molecular weight is 309 g/mol. The molecular formula is C16H27N3O3. The summed E-state index contributed by atoms with van der Waals surface area (Å²) in [7, 11) is 0. The Kier molecular flexibility index (Phi) is 6.21. The highest BCUT2D eigenvalue weighted by Gasteiger charge is 2.29. The van der Waals surface area contributed by atoms with Gasteiger partial charge in [0.15, 0.2) is 0 Å². The third-order valence-corrected chi connectivity index (χ3v) is 4.37. The van der Waals surface area contributed by atoms with Crippen LogP contribution in [-0.4, -0.2) is 47.8 Å². The van der Waals surface area contributed by atoms with Crippen molar-refractivity contribution < 1.29 is 14.4 Å². The number of likely N-dealkylation sites (tertiary alicyclic amines) is 1. The van der Waals surface area contributed by atoms with Crippen LogP contribution in [-0.2, 0) is 14.4 Å². The molecule has 0 aromatic carbocycles. The van der Waals surface area contributed by atoms with Gasteiger partial charge in [-0.05, 0) is 19.3 Å². The molecule has 6 nitrogen and oxygen atoms in total. The molecule has 1 aliphatic carbocycles. The summed E-state index contributed by atoms with van der Waals surface area (Å²) in [5.74, 6) is -0.0824. The SMILES string of the molecule is CCCN1CC(NC(=O)CCC(=O)NC2CCCC2)CC1=O. The number of carbonyl (C=O) groups excluding carboxylic acids is 3. The van der Waals surface area contributed by atoms with E-state index in [1.54, 1.807) is 4.90 Å². The van der Waals surface area contributed by atoms with Crippen molar-refractivity contribution in [3.63, 3.8) is 0 Å². The second kappa shape index (κ2) is 8.15. The van der Waals surface area contributed by atoms with Gasteiger partial charge in [-0.3, -0.25) is 14.4 Å². The molecule has 2 rings (SSSR count). The van der Waals surface area contributed by atoms with Crippen LogP contribution in [0.25, 0.3) is 0 Å². The molecule has 0 aromatic heterocycles. The van der Waals surface area contributed by atoms with Gasteiger partial charge < -0.3 is 15.5 Å². The predicted molar refractivity (Wildman–Crippen MR) is 83.1 cm³/mol. The number of nitrogens with one attached hydrogen (secondary N) is 2. The third-order valence-electron chi connectivity index (χ3n) is 4.37. The molecule has 1 saturated heterocycles. The number of hydrogen-bond donors (Lipinski definition) is 2. The van der Waals surface area contributed by atoms with Crippen molar-refractivity contribution in [2.45, 2.75) is 70.4 Å². The predicted octanol–water partition coefficient (Wildman–Crippen LogP) is 0.953. The van der Waals surface area contributed by atoms with Gasteiger partial charge in [-0.15, -0.1) is 0 Å². The number of rotatable bonds is 7. The Hall–Kier alpha value is -1.59. The van der Waals surface area contributed by atoms with Crippen molar-refractivity contribution in [3.8, 4) is 0 Å². The third kappa shape index (κ3) is 5.00. The standard InChI is InChI=1S/C16H27N3O3/c1-2-9-19-11-13(10-16(19)22)18-15(21)8-7-14(20)17-12-5-3-4-6-12/h12-13H,2-11H2,1H3,(H,17,20)(H,18,21). The van der Waals surface area contributed by atoms with Crippen LogP contribution in [0.5, 0.6) is 0 Å². The molecule has 2 N–H and O–H groups in total. The zero-order valence-electron chi connectivity index (χ0n) is 13.4. The van der Waals surface area contributed by atoms with E-state index in [9.17, 15) is 14.4 Å². The van der Waals surface area contributed by atoms with Crippen LogP contribution < -0.4 is 10.6 Å². The fraction of sp³-hybridized carbons (Fsp3) is 0.812. The lowest BCUT2D eigenvalue weighted by molar-refractivity contribution is -0.128. The molecule has 0 spiro atoms. The van der Waals surface area contributed by atoms with Crippen molar-refractivity contribution in [3.05, 3.63) is 0 Å². The minimum absolute atomic E-state index is 0.0443. The molecule has 6 heteroatoms. The fourth-order valence-corrected chi connectivity index (χ4v) is 3.25. The zero-order valence-corrected chi connectivity index (χ0v) is 13.4. The van der Waals surface area contributed by atoms with Crippen molar-refractivity contribution >= 4 is 17.7 Å². The van der Waals surface area contributed by atoms with Crippen molar-refractivity contribution in [1.29, 1.82) is 0 Å². The van der Waals surface area contributed by atoms with Gasteiger partial charge in [-0.25, -0.2) is 0 Å². The molecule has 1 saturated carbocycles. The molecule has 0 bridgehead atoms. The van der Waals surface area contributed by atoms with Gasteiger partial charge in [0.2, 0.25) is 17.7 Å². The number of hydrogen-bond acceptors (Lipinski definition) is 3. The lowest BCUT2D eigenvalue weighted by atomic mass is 10.2. The van der Waals surface area contributed by atoms with Crippen molar-refractivity contribution in [2.24, 2.45) is 0 Å². The van der Waals surface area contributed by atoms with Gasteiger partial charge in [0.25, 0.3) is 0 Å². The van der Waals surface area contributed by atoms with Gasteiger partial charge >= 0.3 is 0 Å². The van der Waals surface area contributed by atoms with Gasteiger partial charge in [0.1, 0.15) is 0 Å². The fourth-order valence-electron chi connectivity index (χ4n) is 3.25. The monoisotopic (exact) mass is 309 g/mol. The first-order chi connectivity index (χ1) is 10.6. The maximum absolute atomic E-state index is 11.9. The summed E-state index contributed by atoms with van der Waals surface area (Å²) in [5, 5.41) is 5.84. The van der Waals surface area contributed by atoms with Crippen LogP contribution in [0.1, 0.15) is 58.3 Å². The van der Waals surface area contributed by atoms with Crippen molar-refractivity contribution in [2.75, 3.05) is 13.1 Å². The number of amides is 3. The summed E-state index contributed by atoms with van der Waals surface area (Å²) in [5.41, 5.74) is 0. The molecule has 1 aliphatic heterocycles. The van der Waals surface area contributed by atoms with E-state index in [2.05, 4.69) is 10.6 Å². The number of carbonyl (C=O) groups is 3. The van der Waals surface area contributed by atoms with Gasteiger partial charge in [-0.2, -0.15) is 0 Å². The highest BCUT2D eigenvalue weighted by molar-refractivity contribution is 5.85. The second-order valence-corrected chi connectivity index (χ2v) is 6.36. The van der Waals surface area contributed by atoms with Crippen molar-refractivity contribution in [1.82, 2.24) is 15.5 Å². The Labute approximate surface area is 132 Å². The molecular weight excluding hydrogens is 282 g/mol. The Balaban J connectivity index is 1.63. The Bertz CT molecular complexity index is 419. The first kappa shape index (κ1) is 16.8. The lowest BCUT2D eigenvalue weighted by Gasteiger charge is -2.16. The molecule has 1 unspecified atom stereocenters. The van der Waals surface area contributed by atoms with Gasteiger partial charge in [0, 0.05) is 38.4 Å². The molecule has 3 amide bonds. The first-order valence-corrected chi connectivity index (χ1v) is 8.45. The summed E-state index contributed by atoms with van der Waals surface area (Å²) in [6.07, 6.45) is 6.17. The summed E-state index contributed by atoms with van der Waals surface area (Å²) in [4.78, 5) is 37.2. The molecule has 22 heavy (non-hydrogen) atoms. The summed E-state index contributed by atoms with van der Waals surface area (Å²) in [6, 6.07) is 0.190. The number of nitrogens with zero attached hydrogens (tertiary/aromatic N) is 1. The minimum Gasteiger partial charge on any atom is -0.353 e. The summed E-state index contributed by atoms with van der Waals surface area (Å²) < 4.78 is 0. The van der Waals surface area contributed by atoms with E-state index in [1.165, 1.54) is 12.8 Å². The molecule has 1 heterocycles. The van der Waals surface area contributed by atoms with Crippen LogP contribution in [0.15, 0.2) is 0 Å². The first-order valence-electron chi connectivity index (χ1n) is 8.45. The molecule has 1 atom stereocenters. The normalized spacial score (nSPS) is 22.1. The van der Waals surface area contributed by atoms with Crippen LogP contribution in [0.4, 0.5) is 0 Å². The molecule has 0 aromatic rings. The molecule has 0 radical (unpaired) electrons. The van der Waals surface area contributed by atoms with E-state index in [0.717, 1.165) is 25.8 Å². The average Bonchev–Trinajstić information content (AvgIpc) is 3.08. The van der Waals surface area contributed by atoms with Crippen LogP contribution in [0.3, 0.4) is 0 Å². The van der Waals surface area contributed by atoms with E-state index in [1.807, 2.05) is 6.92 Å². The van der Waals surface area contributed by atoms with Crippen LogP contribution >= 0.6 is 0 Å². The second-order valence-electron chi connectivity index (χ2n) is 6.36. The summed E-state index contributed by atoms with van der Waals surface area (Å²) >= 11 is 0. The molecule has 2 aliphatic rings. The van der Waals surface area contributed by atoms with Crippen LogP contribution in [0, 0.1) is 0 Å². The quantitative estimate of drug-likeness (QED) is 0.735. The maximum Gasteiger partial charge on any atom is 0.224 e. The molecule has 124 valence electrons. The van der Waals surface area contributed by atoms with Gasteiger partial charge in [-0.1, -0.05) is 19.8 Å². The van der Waals surface area contributed by atoms with E-state index in [-0.39, 0.29) is 36.6 Å². The lowest BCUT2D eigenvalue weighted by Crippen LogP contribution is -2.38. The Morgan fingerprint density at radius 1 is 1.09 bits per heavy atom. The highest BCUT2D eigenvalue weighted by atomic mass is 16.2. The van der Waals surface area contributed by atoms with Gasteiger partial charge in [0.05, 0.1) is 6.04 Å². The maximum atomic E-state index is 11.9. The largest absolute Gasteiger partial charge is 0.353 e. The van der Waals surface area contributed by atoms with E-state index in [0.29, 0.717) is 19.0 Å². The minimum atomic E-state index is -0.141. The van der Waals surface area contributed by atoms with E-state index in [4.69, 9.17) is 0 Å². The van der Waals surface area contributed by atoms with E-state index < -0.39 is 0 Å². The van der Waals surface area contributed by atoms with E-state index >= 15 is 0 Å². The Morgan fingerprint density at radius 3 is 2.27 bits per heavy atom. The Morgan fingerprint density at radius 2 is 1.68 bits per heavy atom.